The molecule has 19 heavy (non-hydrogen) atoms. The van der Waals surface area contributed by atoms with Crippen LogP contribution in [0.15, 0.2) is 16.2 Å². The highest BCUT2D eigenvalue weighted by molar-refractivity contribution is 7.98. The first-order valence-electron chi connectivity index (χ1n) is 6.02. The van der Waals surface area contributed by atoms with E-state index >= 15 is 0 Å². The quantitative estimate of drug-likeness (QED) is 0.586. The number of nitrogens with one attached hydrogen (secondary N) is 2. The lowest BCUT2D eigenvalue weighted by Gasteiger charge is -2.13. The van der Waals surface area contributed by atoms with Crippen molar-refractivity contribution >= 4 is 30.0 Å². The van der Waals surface area contributed by atoms with Gasteiger partial charge >= 0.3 is 0 Å². The van der Waals surface area contributed by atoms with Crippen LogP contribution in [0.2, 0.25) is 0 Å². The molecule has 1 aromatic rings. The number of aromatic amines is 1. The van der Waals surface area contributed by atoms with Crippen molar-refractivity contribution in [2.24, 2.45) is 15.9 Å². The monoisotopic (exact) mass is 282 g/mol. The summed E-state index contributed by atoms with van der Waals surface area (Å²) in [5.41, 5.74) is 2.47. The highest BCUT2D eigenvalue weighted by Gasteiger charge is 2.19. The van der Waals surface area contributed by atoms with Gasteiger partial charge in [-0.25, -0.2) is 4.99 Å². The summed E-state index contributed by atoms with van der Waals surface area (Å²) in [4.78, 5) is 11.2. The van der Waals surface area contributed by atoms with Gasteiger partial charge in [0, 0.05) is 29.6 Å². The van der Waals surface area contributed by atoms with Crippen molar-refractivity contribution in [3.63, 3.8) is 0 Å². The van der Waals surface area contributed by atoms with E-state index < -0.39 is 6.23 Å². The summed E-state index contributed by atoms with van der Waals surface area (Å²) in [6, 6.07) is 0. The van der Waals surface area contributed by atoms with Gasteiger partial charge in [-0.2, -0.15) is 11.8 Å². The Morgan fingerprint density at radius 1 is 1.63 bits per heavy atom. The first-order valence-corrected chi connectivity index (χ1v) is 7.41. The predicted molar refractivity (Wildman–Crippen MR) is 79.0 cm³/mol. The molecule has 6 nitrogen and oxygen atoms in total. The van der Waals surface area contributed by atoms with Crippen molar-refractivity contribution in [2.75, 3.05) is 23.9 Å². The molecule has 4 N–H and O–H groups in total. The molecule has 2 rings (SSSR count). The number of H-pyrrole nitrogens is 1. The van der Waals surface area contributed by atoms with Gasteiger partial charge in [-0.15, -0.1) is 0 Å². The first-order chi connectivity index (χ1) is 9.26. The molecule has 104 valence electrons. The van der Waals surface area contributed by atoms with Crippen molar-refractivity contribution in [1.82, 2.24) is 4.98 Å². The molecule has 7 heteroatoms. The Balaban J connectivity index is 1.99. The van der Waals surface area contributed by atoms with Gasteiger partial charge in [-0.1, -0.05) is 0 Å². The zero-order valence-electron chi connectivity index (χ0n) is 10.7. The summed E-state index contributed by atoms with van der Waals surface area (Å²) in [6.07, 6.45) is 6.26. The van der Waals surface area contributed by atoms with Crippen LogP contribution in [0, 0.1) is 5.92 Å². The maximum atomic E-state index is 9.65. The molecule has 1 aliphatic heterocycles. The van der Waals surface area contributed by atoms with Gasteiger partial charge in [0.2, 0.25) is 0 Å². The summed E-state index contributed by atoms with van der Waals surface area (Å²) in [7, 11) is 0. The van der Waals surface area contributed by atoms with Crippen LogP contribution in [0.25, 0.3) is 0 Å². The zero-order valence-corrected chi connectivity index (χ0v) is 11.5. The fraction of sp³-hybridized carbons (Fsp3) is 0.500. The van der Waals surface area contributed by atoms with Crippen LogP contribution in [0.3, 0.4) is 0 Å². The summed E-state index contributed by atoms with van der Waals surface area (Å²) in [5.74, 6) is 0.944. The molecule has 0 amide bonds. The number of aliphatic hydroxyl groups is 2. The Morgan fingerprint density at radius 3 is 3.21 bits per heavy atom. The van der Waals surface area contributed by atoms with E-state index in [9.17, 15) is 5.11 Å². The minimum absolute atomic E-state index is 0.0879. The van der Waals surface area contributed by atoms with Crippen molar-refractivity contribution in [3.05, 3.63) is 17.5 Å². The third kappa shape index (κ3) is 3.37. The molecule has 0 aliphatic carbocycles. The van der Waals surface area contributed by atoms with Crippen LogP contribution < -0.4 is 5.32 Å². The van der Waals surface area contributed by atoms with E-state index in [1.54, 1.807) is 18.0 Å². The van der Waals surface area contributed by atoms with Gasteiger partial charge < -0.3 is 20.5 Å². The van der Waals surface area contributed by atoms with E-state index in [1.165, 1.54) is 6.34 Å². The first kappa shape index (κ1) is 14.1. The third-order valence-corrected chi connectivity index (χ3v) is 3.63. The topological polar surface area (TPSA) is 93.0 Å². The maximum Gasteiger partial charge on any atom is 0.190 e. The Bertz CT molecular complexity index is 472. The SMILES string of the molecule is CSCC(C=NCc1c[nH]c2c1NC=NC2O)CO. The number of hydrogen-bond donors (Lipinski definition) is 4. The lowest BCUT2D eigenvalue weighted by atomic mass is 10.2. The molecule has 1 aromatic heterocycles. The molecule has 2 unspecified atom stereocenters. The number of aliphatic hydroxyl groups excluding tert-OH is 2. The Morgan fingerprint density at radius 2 is 2.47 bits per heavy atom. The number of fused-ring (bicyclic) bond motifs is 1. The normalized spacial score (nSPS) is 19.4. The number of aliphatic imine (C=N–C) groups is 2. The number of nitrogens with zero attached hydrogens (tertiary/aromatic N) is 2. The van der Waals surface area contributed by atoms with Gasteiger partial charge in [0.25, 0.3) is 0 Å². The van der Waals surface area contributed by atoms with Crippen LogP contribution in [0.5, 0.6) is 0 Å². The Kier molecular flexibility index (Phi) is 5.00. The zero-order chi connectivity index (χ0) is 13.7. The van der Waals surface area contributed by atoms with Crippen molar-refractivity contribution < 1.29 is 10.2 Å². The number of thioether (sulfide) groups is 1. The fourth-order valence-electron chi connectivity index (χ4n) is 1.88. The largest absolute Gasteiger partial charge is 0.396 e. The molecule has 0 bridgehead atoms. The second kappa shape index (κ2) is 6.74. The Hall–Kier alpha value is -1.31. The molecule has 2 heterocycles. The van der Waals surface area contributed by atoms with Crippen molar-refractivity contribution in [2.45, 2.75) is 12.8 Å². The van der Waals surface area contributed by atoms with Crippen LogP contribution in [0.4, 0.5) is 5.69 Å². The van der Waals surface area contributed by atoms with Gasteiger partial charge in [0.05, 0.1) is 30.9 Å². The molecule has 1 aliphatic rings. The van der Waals surface area contributed by atoms with Crippen molar-refractivity contribution in [3.8, 4) is 0 Å². The van der Waals surface area contributed by atoms with E-state index in [0.717, 1.165) is 17.0 Å². The molecule has 0 saturated carbocycles. The maximum absolute atomic E-state index is 9.65. The van der Waals surface area contributed by atoms with Gasteiger partial charge in [0.15, 0.2) is 6.23 Å². The average molecular weight is 282 g/mol. The van der Waals surface area contributed by atoms with Gasteiger partial charge in [-0.05, 0) is 6.26 Å². The number of hydrogen-bond acceptors (Lipinski definition) is 6. The lowest BCUT2D eigenvalue weighted by molar-refractivity contribution is 0.184. The minimum Gasteiger partial charge on any atom is -0.396 e. The summed E-state index contributed by atoms with van der Waals surface area (Å²) < 4.78 is 0. The molecule has 0 spiro atoms. The molecular formula is C12H18N4O2S. The van der Waals surface area contributed by atoms with E-state index in [2.05, 4.69) is 20.3 Å². The highest BCUT2D eigenvalue weighted by atomic mass is 32.2. The number of anilines is 1. The van der Waals surface area contributed by atoms with Crippen LogP contribution in [-0.2, 0) is 6.54 Å². The highest BCUT2D eigenvalue weighted by Crippen LogP contribution is 2.29. The van der Waals surface area contributed by atoms with E-state index in [-0.39, 0.29) is 12.5 Å². The van der Waals surface area contributed by atoms with Crippen LogP contribution in [0.1, 0.15) is 17.5 Å². The van der Waals surface area contributed by atoms with E-state index in [1.807, 2.05) is 12.5 Å². The standard InChI is InChI=1S/C12H18N4O2S/c1-19-6-8(5-17)2-13-3-9-4-14-11-10(9)15-7-16-12(11)18/h2,4,7-8,12,14,17-18H,3,5-6H2,1H3,(H,15,16). The third-order valence-electron chi connectivity index (χ3n) is 2.87. The molecule has 2 atom stereocenters. The lowest BCUT2D eigenvalue weighted by Crippen LogP contribution is -2.11. The number of rotatable bonds is 6. The summed E-state index contributed by atoms with van der Waals surface area (Å²) in [5, 5.41) is 21.8. The van der Waals surface area contributed by atoms with E-state index in [4.69, 9.17) is 5.11 Å². The minimum atomic E-state index is -0.837. The predicted octanol–water partition coefficient (Wildman–Crippen LogP) is 1.00. The Labute approximate surface area is 116 Å². The smallest absolute Gasteiger partial charge is 0.190 e. The van der Waals surface area contributed by atoms with Gasteiger partial charge in [0.1, 0.15) is 0 Å². The van der Waals surface area contributed by atoms with Crippen LogP contribution in [-0.4, -0.2) is 46.4 Å². The molecule has 0 aromatic carbocycles. The number of aromatic nitrogens is 1. The fourth-order valence-corrected chi connectivity index (χ4v) is 2.50. The average Bonchev–Trinajstić information content (AvgIpc) is 2.83. The second-order valence-electron chi connectivity index (χ2n) is 4.29. The summed E-state index contributed by atoms with van der Waals surface area (Å²) >= 11 is 1.69. The van der Waals surface area contributed by atoms with Crippen molar-refractivity contribution in [1.29, 1.82) is 0 Å². The van der Waals surface area contributed by atoms with Gasteiger partial charge in [-0.3, -0.25) is 4.99 Å². The van der Waals surface area contributed by atoms with E-state index in [0.29, 0.717) is 12.2 Å². The summed E-state index contributed by atoms with van der Waals surface area (Å²) in [6.45, 7) is 0.615. The second-order valence-corrected chi connectivity index (χ2v) is 5.20. The van der Waals surface area contributed by atoms with Crippen LogP contribution >= 0.6 is 11.8 Å². The molecule has 0 radical (unpaired) electrons. The molecule has 0 fully saturated rings. The molecule has 0 saturated heterocycles. The molecular weight excluding hydrogens is 264 g/mol.